The fourth-order valence-electron chi connectivity index (χ4n) is 1.18. The molecular weight excluding hydrogens is 218 g/mol. The first-order valence-electron chi connectivity index (χ1n) is 4.00. The average Bonchev–Trinajstić information content (AvgIpc) is 2.57. The number of phenols is 1. The minimum absolute atomic E-state index is 0.102. The molecule has 0 aliphatic heterocycles. The molecule has 0 radical (unpaired) electrons. The van der Waals surface area contributed by atoms with Gasteiger partial charge in [0.05, 0.1) is 10.0 Å². The highest BCUT2D eigenvalue weighted by molar-refractivity contribution is 7.14. The number of rotatable bonds is 1. The van der Waals surface area contributed by atoms with Gasteiger partial charge in [-0.25, -0.2) is 0 Å². The van der Waals surface area contributed by atoms with Crippen LogP contribution in [0.3, 0.4) is 0 Å². The molecule has 0 saturated heterocycles. The largest absolute Gasteiger partial charge is 0.506 e. The topological polar surface area (TPSA) is 46.2 Å². The Labute approximate surface area is 90.6 Å². The lowest BCUT2D eigenvalue weighted by molar-refractivity contribution is 0.478. The molecule has 0 unspecified atom stereocenters. The van der Waals surface area contributed by atoms with E-state index in [9.17, 15) is 5.11 Å². The Bertz CT molecular complexity index is 467. The van der Waals surface area contributed by atoms with E-state index in [0.717, 1.165) is 15.5 Å². The van der Waals surface area contributed by atoms with Gasteiger partial charge in [-0.2, -0.15) is 0 Å². The molecular formula is C10H8ClNOS. The molecule has 72 valence electrons. The first-order chi connectivity index (χ1) is 6.66. The van der Waals surface area contributed by atoms with Crippen LogP contribution >= 0.6 is 22.9 Å². The lowest BCUT2D eigenvalue weighted by Crippen LogP contribution is -1.85. The fourth-order valence-corrected chi connectivity index (χ4v) is 2.07. The van der Waals surface area contributed by atoms with Gasteiger partial charge in [0.2, 0.25) is 0 Å². The number of thiophene rings is 1. The zero-order valence-electron chi connectivity index (χ0n) is 7.20. The van der Waals surface area contributed by atoms with Crippen molar-refractivity contribution >= 4 is 28.6 Å². The van der Waals surface area contributed by atoms with Crippen molar-refractivity contribution in [2.24, 2.45) is 0 Å². The Morgan fingerprint density at radius 2 is 2.00 bits per heavy atom. The van der Waals surface area contributed by atoms with E-state index in [-0.39, 0.29) is 5.75 Å². The van der Waals surface area contributed by atoms with Crippen molar-refractivity contribution in [1.82, 2.24) is 0 Å². The Kier molecular flexibility index (Phi) is 2.35. The first kappa shape index (κ1) is 9.37. The Morgan fingerprint density at radius 1 is 1.21 bits per heavy atom. The van der Waals surface area contributed by atoms with E-state index in [4.69, 9.17) is 17.3 Å². The van der Waals surface area contributed by atoms with E-state index in [0.29, 0.717) is 5.69 Å². The second kappa shape index (κ2) is 3.52. The lowest BCUT2D eigenvalue weighted by atomic mass is 10.1. The van der Waals surface area contributed by atoms with Crippen molar-refractivity contribution in [2.75, 3.05) is 5.73 Å². The van der Waals surface area contributed by atoms with Gasteiger partial charge in [-0.15, -0.1) is 11.3 Å². The average molecular weight is 226 g/mol. The summed E-state index contributed by atoms with van der Waals surface area (Å²) in [6.07, 6.45) is 0. The number of aromatic hydroxyl groups is 1. The summed E-state index contributed by atoms with van der Waals surface area (Å²) in [5.74, 6) is 0.102. The third-order valence-corrected chi connectivity index (χ3v) is 3.02. The van der Waals surface area contributed by atoms with E-state index in [1.54, 1.807) is 12.1 Å². The molecule has 3 N–H and O–H groups in total. The molecule has 1 aromatic heterocycles. The number of anilines is 1. The van der Waals surface area contributed by atoms with Crippen LogP contribution in [0.2, 0.25) is 4.34 Å². The molecule has 2 aromatic rings. The number of phenolic OH excluding ortho intramolecular Hbond substituents is 1. The highest BCUT2D eigenvalue weighted by atomic mass is 35.5. The van der Waals surface area contributed by atoms with E-state index in [1.165, 1.54) is 11.3 Å². The van der Waals surface area contributed by atoms with Crippen molar-refractivity contribution in [3.8, 4) is 16.9 Å². The van der Waals surface area contributed by atoms with E-state index < -0.39 is 0 Å². The standard InChI is InChI=1S/C10H8ClNOS/c11-10-4-7(5-14-10)6-1-2-8(12)9(13)3-6/h1-5,13H,12H2. The summed E-state index contributed by atoms with van der Waals surface area (Å²) >= 11 is 7.27. The van der Waals surface area contributed by atoms with Crippen LogP contribution in [0.4, 0.5) is 5.69 Å². The SMILES string of the molecule is Nc1ccc(-c2csc(Cl)c2)cc1O. The molecule has 1 heterocycles. The molecule has 0 saturated carbocycles. The van der Waals surface area contributed by atoms with Gasteiger partial charge in [0, 0.05) is 5.38 Å². The van der Waals surface area contributed by atoms with Crippen molar-refractivity contribution in [1.29, 1.82) is 0 Å². The van der Waals surface area contributed by atoms with Gasteiger partial charge in [0.25, 0.3) is 0 Å². The Balaban J connectivity index is 2.47. The molecule has 1 aromatic carbocycles. The van der Waals surface area contributed by atoms with Gasteiger partial charge < -0.3 is 10.8 Å². The number of benzene rings is 1. The lowest BCUT2D eigenvalue weighted by Gasteiger charge is -2.01. The molecule has 2 rings (SSSR count). The van der Waals surface area contributed by atoms with Crippen LogP contribution in [0.25, 0.3) is 11.1 Å². The molecule has 2 nitrogen and oxygen atoms in total. The Hall–Kier alpha value is -1.19. The van der Waals surface area contributed by atoms with Crippen LogP contribution < -0.4 is 5.73 Å². The molecule has 0 fully saturated rings. The molecule has 0 spiro atoms. The second-order valence-electron chi connectivity index (χ2n) is 2.91. The number of hydrogen-bond acceptors (Lipinski definition) is 3. The van der Waals surface area contributed by atoms with Crippen LogP contribution in [0.15, 0.2) is 29.6 Å². The normalized spacial score (nSPS) is 10.4. The number of nitrogen functional groups attached to an aromatic ring is 1. The molecule has 0 amide bonds. The summed E-state index contributed by atoms with van der Waals surface area (Å²) in [5.41, 5.74) is 7.80. The van der Waals surface area contributed by atoms with E-state index >= 15 is 0 Å². The quantitative estimate of drug-likeness (QED) is 0.578. The summed E-state index contributed by atoms with van der Waals surface area (Å²) in [6.45, 7) is 0. The molecule has 14 heavy (non-hydrogen) atoms. The summed E-state index contributed by atoms with van der Waals surface area (Å²) in [4.78, 5) is 0. The molecule has 0 aliphatic rings. The zero-order valence-corrected chi connectivity index (χ0v) is 8.77. The minimum atomic E-state index is 0.102. The zero-order chi connectivity index (χ0) is 10.1. The van der Waals surface area contributed by atoms with Crippen LogP contribution in [0.5, 0.6) is 5.75 Å². The van der Waals surface area contributed by atoms with Gasteiger partial charge in [0.1, 0.15) is 5.75 Å². The number of hydrogen-bond donors (Lipinski definition) is 2. The van der Waals surface area contributed by atoms with Crippen LogP contribution in [0, 0.1) is 0 Å². The van der Waals surface area contributed by atoms with Gasteiger partial charge in [-0.05, 0) is 29.3 Å². The smallest absolute Gasteiger partial charge is 0.139 e. The van der Waals surface area contributed by atoms with Crippen molar-refractivity contribution in [2.45, 2.75) is 0 Å². The third-order valence-electron chi connectivity index (χ3n) is 1.93. The predicted octanol–water partition coefficient (Wildman–Crippen LogP) is 3.36. The Morgan fingerprint density at radius 3 is 2.57 bits per heavy atom. The van der Waals surface area contributed by atoms with Gasteiger partial charge in [-0.1, -0.05) is 17.7 Å². The summed E-state index contributed by atoms with van der Waals surface area (Å²) in [5, 5.41) is 11.4. The first-order valence-corrected chi connectivity index (χ1v) is 5.25. The van der Waals surface area contributed by atoms with Gasteiger partial charge >= 0.3 is 0 Å². The maximum absolute atomic E-state index is 9.41. The number of nitrogens with two attached hydrogens (primary N) is 1. The summed E-state index contributed by atoms with van der Waals surface area (Å²) < 4.78 is 0.733. The molecule has 0 bridgehead atoms. The van der Waals surface area contributed by atoms with Gasteiger partial charge in [0.15, 0.2) is 0 Å². The summed E-state index contributed by atoms with van der Waals surface area (Å²) in [6, 6.07) is 7.02. The van der Waals surface area contributed by atoms with Crippen LogP contribution in [-0.4, -0.2) is 5.11 Å². The summed E-state index contributed by atoms with van der Waals surface area (Å²) in [7, 11) is 0. The highest BCUT2D eigenvalue weighted by Gasteiger charge is 2.03. The van der Waals surface area contributed by atoms with Crippen LogP contribution in [-0.2, 0) is 0 Å². The molecule has 4 heteroatoms. The van der Waals surface area contributed by atoms with E-state index in [2.05, 4.69) is 0 Å². The number of halogens is 1. The minimum Gasteiger partial charge on any atom is -0.506 e. The monoisotopic (exact) mass is 225 g/mol. The predicted molar refractivity (Wildman–Crippen MR) is 60.8 cm³/mol. The fraction of sp³-hybridized carbons (Fsp3) is 0. The molecule has 0 aliphatic carbocycles. The highest BCUT2D eigenvalue weighted by Crippen LogP contribution is 2.32. The van der Waals surface area contributed by atoms with Crippen molar-refractivity contribution < 1.29 is 5.11 Å². The van der Waals surface area contributed by atoms with E-state index in [1.807, 2.05) is 17.5 Å². The maximum Gasteiger partial charge on any atom is 0.139 e. The molecule has 0 atom stereocenters. The van der Waals surface area contributed by atoms with Gasteiger partial charge in [-0.3, -0.25) is 0 Å². The van der Waals surface area contributed by atoms with Crippen molar-refractivity contribution in [3.63, 3.8) is 0 Å². The second-order valence-corrected chi connectivity index (χ2v) is 4.46. The van der Waals surface area contributed by atoms with Crippen LogP contribution in [0.1, 0.15) is 0 Å². The van der Waals surface area contributed by atoms with Crippen molar-refractivity contribution in [3.05, 3.63) is 34.0 Å². The maximum atomic E-state index is 9.41. The third kappa shape index (κ3) is 1.69.